The lowest BCUT2D eigenvalue weighted by Gasteiger charge is -1.92. The minimum Gasteiger partial charge on any atom is -0.235 e. The van der Waals surface area contributed by atoms with E-state index in [1.165, 1.54) is 0 Å². The molecule has 0 aliphatic carbocycles. The third-order valence-electron chi connectivity index (χ3n) is 1.34. The van der Waals surface area contributed by atoms with Gasteiger partial charge in [-0.1, -0.05) is 0 Å². The average molecular weight is 209 g/mol. The van der Waals surface area contributed by atoms with Crippen molar-refractivity contribution in [2.24, 2.45) is 0 Å². The van der Waals surface area contributed by atoms with Gasteiger partial charge < -0.3 is 0 Å². The molecule has 0 unspecified atom stereocenters. The molecule has 0 saturated carbocycles. The van der Waals surface area contributed by atoms with Crippen LogP contribution in [-0.4, -0.2) is 15.2 Å². The van der Waals surface area contributed by atoms with Crippen molar-refractivity contribution in [3.05, 3.63) is 29.4 Å². The van der Waals surface area contributed by atoms with Gasteiger partial charge in [0.2, 0.25) is 0 Å². The Morgan fingerprint density at radius 2 is 2.38 bits per heavy atom. The Hall–Kier alpha value is -0.940. The highest BCUT2D eigenvalue weighted by Crippen LogP contribution is 2.27. The molecule has 0 aromatic carbocycles. The molecule has 0 bridgehead atoms. The zero-order chi connectivity index (χ0) is 9.10. The third-order valence-corrected chi connectivity index (χ3v) is 3.32. The molecule has 0 aliphatic heterocycles. The first-order valence-electron chi connectivity index (χ1n) is 3.72. The minimum atomic E-state index is 0.886. The predicted molar refractivity (Wildman–Crippen MR) is 53.0 cm³/mol. The molecule has 0 amide bonds. The molecule has 5 heteroatoms. The summed E-state index contributed by atoms with van der Waals surface area (Å²) in [5, 5.41) is 10.7. The van der Waals surface area contributed by atoms with Crippen LogP contribution in [0.2, 0.25) is 0 Å². The van der Waals surface area contributed by atoms with E-state index in [1.807, 2.05) is 24.4 Å². The van der Waals surface area contributed by atoms with E-state index in [-0.39, 0.29) is 0 Å². The Bertz CT molecular complexity index is 385. The summed E-state index contributed by atoms with van der Waals surface area (Å²) in [4.78, 5) is 4.32. The number of rotatable bonds is 2. The highest BCUT2D eigenvalue weighted by Gasteiger charge is 2.01. The first kappa shape index (κ1) is 8.65. The lowest BCUT2D eigenvalue weighted by atomic mass is 10.6. The molecule has 2 aromatic heterocycles. The molecule has 2 heterocycles. The molecule has 0 spiro atoms. The van der Waals surface area contributed by atoms with E-state index in [0.29, 0.717) is 0 Å². The van der Waals surface area contributed by atoms with E-state index in [0.717, 1.165) is 15.1 Å². The highest BCUT2D eigenvalue weighted by atomic mass is 32.2. The molecular weight excluding hydrogens is 202 g/mol. The molecule has 0 saturated heterocycles. The smallest absolute Gasteiger partial charge is 0.156 e. The lowest BCUT2D eigenvalue weighted by Crippen LogP contribution is -1.81. The van der Waals surface area contributed by atoms with Crippen molar-refractivity contribution in [3.63, 3.8) is 0 Å². The van der Waals surface area contributed by atoms with Crippen molar-refractivity contribution < 1.29 is 0 Å². The maximum Gasteiger partial charge on any atom is 0.156 e. The average Bonchev–Trinajstić information content (AvgIpc) is 2.53. The number of hydrogen-bond donors (Lipinski definition) is 0. The molecule has 0 atom stereocenters. The molecule has 13 heavy (non-hydrogen) atoms. The molecule has 0 N–H and O–H groups in total. The van der Waals surface area contributed by atoms with Crippen LogP contribution in [0.25, 0.3) is 0 Å². The molecule has 66 valence electrons. The molecule has 2 rings (SSSR count). The fraction of sp³-hybridized carbons (Fsp3) is 0.125. The van der Waals surface area contributed by atoms with Gasteiger partial charge in [0.1, 0.15) is 5.03 Å². The topological polar surface area (TPSA) is 38.7 Å². The zero-order valence-corrected chi connectivity index (χ0v) is 8.60. The van der Waals surface area contributed by atoms with Gasteiger partial charge in [-0.3, -0.25) is 0 Å². The van der Waals surface area contributed by atoms with Crippen LogP contribution in [0.15, 0.2) is 33.1 Å². The molecule has 0 radical (unpaired) electrons. The Labute approximate surface area is 84.2 Å². The van der Waals surface area contributed by atoms with Crippen LogP contribution in [-0.2, 0) is 0 Å². The predicted octanol–water partition coefficient (Wildman–Crippen LogP) is 2.39. The number of hydrogen-bond acceptors (Lipinski definition) is 5. The lowest BCUT2D eigenvalue weighted by molar-refractivity contribution is 0.928. The SMILES string of the molecule is Cc1csc(Sc2cccnn2)n1. The van der Waals surface area contributed by atoms with Crippen LogP contribution in [0.1, 0.15) is 5.69 Å². The van der Waals surface area contributed by atoms with E-state index >= 15 is 0 Å². The highest BCUT2D eigenvalue weighted by molar-refractivity contribution is 8.00. The van der Waals surface area contributed by atoms with Crippen molar-refractivity contribution >= 4 is 23.1 Å². The van der Waals surface area contributed by atoms with Crippen molar-refractivity contribution in [1.29, 1.82) is 0 Å². The summed E-state index contributed by atoms with van der Waals surface area (Å²) in [6.45, 7) is 1.98. The van der Waals surface area contributed by atoms with Crippen LogP contribution >= 0.6 is 23.1 Å². The summed E-state index contributed by atoms with van der Waals surface area (Å²) in [7, 11) is 0. The zero-order valence-electron chi connectivity index (χ0n) is 6.97. The molecule has 2 aromatic rings. The fourth-order valence-corrected chi connectivity index (χ4v) is 2.53. The maximum absolute atomic E-state index is 4.32. The Morgan fingerprint density at radius 3 is 3.00 bits per heavy atom. The van der Waals surface area contributed by atoms with E-state index in [4.69, 9.17) is 0 Å². The van der Waals surface area contributed by atoms with Gasteiger partial charge in [-0.05, 0) is 30.8 Å². The van der Waals surface area contributed by atoms with Crippen LogP contribution in [0, 0.1) is 6.92 Å². The van der Waals surface area contributed by atoms with Crippen molar-refractivity contribution in [3.8, 4) is 0 Å². The van der Waals surface area contributed by atoms with Gasteiger partial charge in [0.05, 0.1) is 0 Å². The van der Waals surface area contributed by atoms with Gasteiger partial charge in [0.15, 0.2) is 4.34 Å². The van der Waals surface area contributed by atoms with Gasteiger partial charge in [-0.15, -0.1) is 16.4 Å². The molecule has 0 aliphatic rings. The fourth-order valence-electron chi connectivity index (χ4n) is 0.811. The van der Waals surface area contributed by atoms with Gasteiger partial charge in [-0.25, -0.2) is 4.98 Å². The minimum absolute atomic E-state index is 0.886. The van der Waals surface area contributed by atoms with E-state index in [1.54, 1.807) is 29.3 Å². The van der Waals surface area contributed by atoms with E-state index in [2.05, 4.69) is 15.2 Å². The van der Waals surface area contributed by atoms with Gasteiger partial charge in [-0.2, -0.15) is 5.10 Å². The molecular formula is C8H7N3S2. The van der Waals surface area contributed by atoms with Crippen LogP contribution in [0.3, 0.4) is 0 Å². The van der Waals surface area contributed by atoms with Gasteiger partial charge in [0, 0.05) is 17.3 Å². The second kappa shape index (κ2) is 3.85. The Kier molecular flexibility index (Phi) is 2.56. The van der Waals surface area contributed by atoms with Crippen molar-refractivity contribution in [1.82, 2.24) is 15.2 Å². The maximum atomic E-state index is 4.32. The van der Waals surface area contributed by atoms with E-state index in [9.17, 15) is 0 Å². The van der Waals surface area contributed by atoms with Crippen LogP contribution in [0.4, 0.5) is 0 Å². The summed E-state index contributed by atoms with van der Waals surface area (Å²) in [5.41, 5.74) is 1.05. The number of nitrogens with zero attached hydrogens (tertiary/aromatic N) is 3. The Morgan fingerprint density at radius 1 is 1.46 bits per heavy atom. The number of aromatic nitrogens is 3. The van der Waals surface area contributed by atoms with E-state index < -0.39 is 0 Å². The summed E-state index contributed by atoms with van der Waals surface area (Å²) in [6.07, 6.45) is 1.66. The largest absolute Gasteiger partial charge is 0.235 e. The quantitative estimate of drug-likeness (QED) is 0.761. The van der Waals surface area contributed by atoms with Gasteiger partial charge >= 0.3 is 0 Å². The normalized spacial score (nSPS) is 10.2. The first-order valence-corrected chi connectivity index (χ1v) is 5.42. The Balaban J connectivity index is 2.15. The monoisotopic (exact) mass is 209 g/mol. The second-order valence-corrected chi connectivity index (χ2v) is 4.54. The summed E-state index contributed by atoms with van der Waals surface area (Å²) < 4.78 is 1.01. The van der Waals surface area contributed by atoms with Crippen LogP contribution in [0.5, 0.6) is 0 Å². The first-order chi connectivity index (χ1) is 6.34. The molecule has 3 nitrogen and oxygen atoms in total. The van der Waals surface area contributed by atoms with Crippen molar-refractivity contribution in [2.45, 2.75) is 16.3 Å². The van der Waals surface area contributed by atoms with Gasteiger partial charge in [0.25, 0.3) is 0 Å². The summed E-state index contributed by atoms with van der Waals surface area (Å²) in [6, 6.07) is 3.80. The van der Waals surface area contributed by atoms with Crippen molar-refractivity contribution in [2.75, 3.05) is 0 Å². The number of aryl methyl sites for hydroxylation is 1. The summed E-state index contributed by atoms with van der Waals surface area (Å²) in [5.74, 6) is 0. The molecule has 0 fully saturated rings. The summed E-state index contributed by atoms with van der Waals surface area (Å²) >= 11 is 3.17. The standard InChI is InChI=1S/C8H7N3S2/c1-6-5-12-8(10-6)13-7-3-2-4-9-11-7/h2-5H,1H3. The third kappa shape index (κ3) is 2.26. The second-order valence-electron chi connectivity index (χ2n) is 2.42. The van der Waals surface area contributed by atoms with Crippen LogP contribution < -0.4 is 0 Å². The number of thiazole rings is 1.